The maximum Gasteiger partial charge on any atom is 0 e. The van der Waals surface area contributed by atoms with E-state index in [4.69, 9.17) is 42.1 Å². The molecule has 0 aliphatic carbocycles. The molecule has 15 nitrogen and oxygen atoms in total. The summed E-state index contributed by atoms with van der Waals surface area (Å²) in [5, 5.41) is 56.0. The Morgan fingerprint density at radius 1 is 0.294 bits per heavy atom. The fraction of sp³-hybridized carbons (Fsp3) is 0. The Kier molecular flexibility index (Phi) is 169000. The number of hydrogen-bond acceptors (Lipinski definition) is 8. The summed E-state index contributed by atoms with van der Waals surface area (Å²) in [7, 11) is 0. The molecule has 17 heavy (non-hydrogen) atoms. The van der Waals surface area contributed by atoms with E-state index in [2.05, 4.69) is 0 Å². The molecule has 0 aromatic carbocycles. The number of quaternary nitrogens is 4. The van der Waals surface area contributed by atoms with Crippen molar-refractivity contribution < 1.29 is 95.6 Å². The normalized spacial score (nSPS) is 1.41. The minimum absolute atomic E-state index is 0. The van der Waals surface area contributed by atoms with Crippen LogP contribution in [0.2, 0.25) is 0 Å². The van der Waals surface area contributed by atoms with Gasteiger partial charge in [-0.3, -0.25) is 0 Å². The zero-order valence-corrected chi connectivity index (χ0v) is 12.2. The van der Waals surface area contributed by atoms with Crippen LogP contribution in [0.5, 0.6) is 0 Å². The largest absolute Gasteiger partial charge is 2.00 e. The van der Waals surface area contributed by atoms with Crippen molar-refractivity contribution in [3.63, 3.8) is 0 Å². The standard InChI is InChI=1S/4H3N.4O2.3O.2V/c;;;;4*1-2;;;;;/h4*1H3;;;;;;;;;/q;;;;7*-2;;/p+4. The molecule has 0 bridgehead atoms. The SMILES string of the molecule is [NH4+].[NH4+].[NH4+].[NH4+].[O-2].[O-2].[O-2].[O-][O-].[O-][O-].[O-][O-].[O-][O-].[V].[V]. The zero-order valence-electron chi connectivity index (χ0n) is 9.39. The predicted molar refractivity (Wildman–Crippen MR) is 26.0 cm³/mol. The van der Waals surface area contributed by atoms with Gasteiger partial charge in [0.05, 0.1) is 0 Å². The summed E-state index contributed by atoms with van der Waals surface area (Å²) in [6.45, 7) is 0. The van der Waals surface area contributed by atoms with Gasteiger partial charge in [-0.15, -0.1) is 0 Å². The fourth-order valence-electron chi connectivity index (χ4n) is 0. The zero-order chi connectivity index (χ0) is 8.00. The Hall–Kier alpha value is 0.569. The van der Waals surface area contributed by atoms with Gasteiger partial charge in [-0.2, -0.15) is 0 Å². The monoisotopic (exact) mass is 350 g/mol. The molecule has 0 aromatic rings. The second kappa shape index (κ2) is 12400. The van der Waals surface area contributed by atoms with Crippen molar-refractivity contribution in [2.45, 2.75) is 0 Å². The van der Waals surface area contributed by atoms with Gasteiger partial charge in [-0.05, 0) is 0 Å². The molecule has 0 aliphatic rings. The van der Waals surface area contributed by atoms with Crippen molar-refractivity contribution in [3.8, 4) is 0 Å². The van der Waals surface area contributed by atoms with Crippen LogP contribution in [0, 0.1) is 0 Å². The Bertz CT molecular complexity index is 21.4. The maximum absolute atomic E-state index is 7.00. The number of hydrogen-bond donors (Lipinski definition) is 4. The van der Waals surface area contributed by atoms with Crippen molar-refractivity contribution in [2.24, 2.45) is 0 Å². The van der Waals surface area contributed by atoms with Crippen LogP contribution in [0.25, 0.3) is 0 Å². The van der Waals surface area contributed by atoms with Crippen molar-refractivity contribution in [1.29, 1.82) is 0 Å². The van der Waals surface area contributed by atoms with Gasteiger partial charge in [0.15, 0.2) is 0 Å². The van der Waals surface area contributed by atoms with Crippen LogP contribution in [0.4, 0.5) is 0 Å². The summed E-state index contributed by atoms with van der Waals surface area (Å²) < 4.78 is 0. The van der Waals surface area contributed by atoms with Crippen molar-refractivity contribution >= 4 is 0 Å². The molecule has 122 valence electrons. The molecule has 0 spiro atoms. The molecule has 2 radical (unpaired) electrons. The van der Waals surface area contributed by atoms with E-state index >= 15 is 0 Å². The van der Waals surface area contributed by atoms with Crippen LogP contribution in [-0.4, -0.2) is 0 Å². The van der Waals surface area contributed by atoms with Gasteiger partial charge >= 0.3 is 0 Å². The van der Waals surface area contributed by atoms with E-state index in [1.54, 1.807) is 0 Å². The van der Waals surface area contributed by atoms with Gasteiger partial charge in [0.25, 0.3) is 0 Å². The van der Waals surface area contributed by atoms with Crippen LogP contribution < -0.4 is 66.7 Å². The van der Waals surface area contributed by atoms with Crippen LogP contribution in [0.1, 0.15) is 0 Å². The van der Waals surface area contributed by atoms with Crippen molar-refractivity contribution in [2.75, 3.05) is 0 Å². The van der Waals surface area contributed by atoms with E-state index in [9.17, 15) is 0 Å². The maximum atomic E-state index is 7.00. The first kappa shape index (κ1) is 231. The predicted octanol–water partition coefficient (Wildman–Crippen LogP) is -8.37. The molecule has 0 amide bonds. The number of rotatable bonds is 0. The Morgan fingerprint density at radius 3 is 0.294 bits per heavy atom. The minimum atomic E-state index is 0. The summed E-state index contributed by atoms with van der Waals surface area (Å²) in [5.41, 5.74) is 0. The quantitative estimate of drug-likeness (QED) is 0.239. The topological polar surface area (TPSA) is 416 Å². The van der Waals surface area contributed by atoms with Crippen LogP contribution in [-0.2, 0) is 53.5 Å². The van der Waals surface area contributed by atoms with Crippen molar-refractivity contribution in [1.82, 2.24) is 24.6 Å². The molecule has 0 aromatic heterocycles. The first-order valence-corrected chi connectivity index (χ1v) is 0.667. The first-order chi connectivity index (χ1) is 4.00. The summed E-state index contributed by atoms with van der Waals surface area (Å²) in [4.78, 5) is 0. The Labute approximate surface area is 120 Å². The third kappa shape index (κ3) is 10900. The summed E-state index contributed by atoms with van der Waals surface area (Å²) >= 11 is 0. The average Bonchev–Trinajstić information content (AvgIpc) is 2.03. The Balaban J connectivity index is -0.000000000970. The second-order valence-electron chi connectivity index (χ2n) is 0. The van der Waals surface area contributed by atoms with Crippen LogP contribution in [0.3, 0.4) is 0 Å². The molecule has 0 fully saturated rings. The van der Waals surface area contributed by atoms with E-state index in [1.165, 1.54) is 0 Å². The summed E-state index contributed by atoms with van der Waals surface area (Å²) in [5.74, 6) is 0. The smallest absolute Gasteiger partial charge is 0 e. The van der Waals surface area contributed by atoms with E-state index in [0.717, 1.165) is 0 Å². The Morgan fingerprint density at radius 2 is 0.294 bits per heavy atom. The second-order valence-corrected chi connectivity index (χ2v) is 0. The average molecular weight is 350 g/mol. The van der Waals surface area contributed by atoms with Gasteiger partial charge in [0, 0.05) is 37.1 Å². The summed E-state index contributed by atoms with van der Waals surface area (Å²) in [6, 6.07) is 0. The molecule has 0 saturated heterocycles. The van der Waals surface area contributed by atoms with Crippen LogP contribution >= 0.6 is 0 Å². The summed E-state index contributed by atoms with van der Waals surface area (Å²) in [6.07, 6.45) is 0. The van der Waals surface area contributed by atoms with Gasteiger partial charge in [0.2, 0.25) is 0 Å². The molecule has 17 heteroatoms. The molecule has 0 rings (SSSR count). The van der Waals surface area contributed by atoms with Gasteiger partial charge in [-0.1, -0.05) is 0 Å². The van der Waals surface area contributed by atoms with Crippen molar-refractivity contribution in [3.05, 3.63) is 0 Å². The van der Waals surface area contributed by atoms with E-state index < -0.39 is 0 Å². The van der Waals surface area contributed by atoms with E-state index in [-0.39, 0.29) is 78.1 Å². The third-order valence-electron chi connectivity index (χ3n) is 0. The van der Waals surface area contributed by atoms with Gasteiger partial charge in [-0.25, -0.2) is 0 Å². The third-order valence-corrected chi connectivity index (χ3v) is 0. The fourth-order valence-corrected chi connectivity index (χ4v) is 0. The minimum Gasteiger partial charge on any atom is -2.00 e. The molecular weight excluding hydrogens is 334 g/mol. The van der Waals surface area contributed by atoms with Crippen LogP contribution in [0.15, 0.2) is 0 Å². The molecule has 16 N–H and O–H groups in total. The van der Waals surface area contributed by atoms with E-state index in [1.807, 2.05) is 0 Å². The van der Waals surface area contributed by atoms with Gasteiger partial charge < -0.3 is 83.1 Å². The first-order valence-electron chi connectivity index (χ1n) is 0.667. The molecule has 0 heterocycles. The molecular formula is H16N4O11V2-10. The molecule has 0 atom stereocenters. The molecule has 0 unspecified atom stereocenters. The molecule has 0 saturated carbocycles. The van der Waals surface area contributed by atoms with E-state index in [0.29, 0.717) is 0 Å². The van der Waals surface area contributed by atoms with Gasteiger partial charge in [0.1, 0.15) is 0 Å². The molecule has 0 aliphatic heterocycles.